The summed E-state index contributed by atoms with van der Waals surface area (Å²) in [6.45, 7) is 0. The number of nitrogen functional groups attached to an aromatic ring is 1. The van der Waals surface area contributed by atoms with Crippen molar-refractivity contribution >= 4 is 11.8 Å². The zero-order chi connectivity index (χ0) is 13.9. The molecule has 4 bridgehead atoms. The van der Waals surface area contributed by atoms with Gasteiger partial charge in [-0.15, -0.1) is 0 Å². The third kappa shape index (κ3) is 1.55. The molecule has 2 N–H and O–H groups in total. The maximum atomic E-state index is 11.7. The first-order valence-corrected chi connectivity index (χ1v) is 7.53. The first-order valence-electron chi connectivity index (χ1n) is 7.53. The second kappa shape index (κ2) is 3.99. The number of hydrogen-bond donors (Lipinski definition) is 1. The zero-order valence-corrected chi connectivity index (χ0v) is 11.8. The Kier molecular flexibility index (Phi) is 2.44. The van der Waals surface area contributed by atoms with E-state index in [1.807, 2.05) is 4.68 Å². The standard InChI is InChI=1S/C15H21N3O2/c1-20-14(19)12-8-17-18(13(12)16)15-5-9-2-10(6-15)4-11(3-9)7-15/h8-11H,2-7,16H2,1H3. The van der Waals surface area contributed by atoms with Gasteiger partial charge in [0, 0.05) is 0 Å². The van der Waals surface area contributed by atoms with Crippen molar-refractivity contribution in [1.82, 2.24) is 9.78 Å². The van der Waals surface area contributed by atoms with E-state index in [9.17, 15) is 4.79 Å². The molecule has 0 saturated heterocycles. The molecule has 0 spiro atoms. The van der Waals surface area contributed by atoms with Crippen LogP contribution in [0.2, 0.25) is 0 Å². The van der Waals surface area contributed by atoms with E-state index < -0.39 is 5.97 Å². The van der Waals surface area contributed by atoms with E-state index in [4.69, 9.17) is 10.5 Å². The Labute approximate surface area is 118 Å². The highest BCUT2D eigenvalue weighted by molar-refractivity contribution is 5.93. The van der Waals surface area contributed by atoms with Crippen LogP contribution in [0.5, 0.6) is 0 Å². The Hall–Kier alpha value is -1.52. The highest BCUT2D eigenvalue weighted by Gasteiger charge is 2.53. The van der Waals surface area contributed by atoms with E-state index in [0.717, 1.165) is 17.8 Å². The predicted octanol–water partition coefficient (Wildman–Crippen LogP) is 2.18. The first kappa shape index (κ1) is 12.2. The third-order valence-electron chi connectivity index (χ3n) is 5.67. The predicted molar refractivity (Wildman–Crippen MR) is 74.1 cm³/mol. The molecule has 4 aliphatic rings. The lowest BCUT2D eigenvalue weighted by Crippen LogP contribution is -2.52. The van der Waals surface area contributed by atoms with Crippen LogP contribution in [0.25, 0.3) is 0 Å². The van der Waals surface area contributed by atoms with Gasteiger partial charge in [-0.1, -0.05) is 0 Å². The number of ether oxygens (including phenoxy) is 1. The molecule has 4 saturated carbocycles. The Bertz CT molecular complexity index is 528. The van der Waals surface area contributed by atoms with E-state index in [1.165, 1.54) is 45.6 Å². The lowest BCUT2D eigenvalue weighted by atomic mass is 9.53. The molecule has 0 amide bonds. The van der Waals surface area contributed by atoms with Crippen molar-refractivity contribution in [3.8, 4) is 0 Å². The summed E-state index contributed by atoms with van der Waals surface area (Å²) < 4.78 is 6.73. The average Bonchev–Trinajstić information content (AvgIpc) is 2.79. The van der Waals surface area contributed by atoms with Gasteiger partial charge in [-0.3, -0.25) is 0 Å². The molecule has 0 aromatic carbocycles. The van der Waals surface area contributed by atoms with Crippen molar-refractivity contribution < 1.29 is 9.53 Å². The number of carbonyl (C=O) groups excluding carboxylic acids is 1. The highest BCUT2D eigenvalue weighted by Crippen LogP contribution is 2.59. The molecule has 0 unspecified atom stereocenters. The van der Waals surface area contributed by atoms with Crippen LogP contribution in [0.15, 0.2) is 6.20 Å². The van der Waals surface area contributed by atoms with E-state index in [0.29, 0.717) is 11.4 Å². The van der Waals surface area contributed by atoms with Crippen molar-refractivity contribution in [1.29, 1.82) is 0 Å². The molecule has 1 aromatic rings. The molecule has 0 aliphatic heterocycles. The summed E-state index contributed by atoms with van der Waals surface area (Å²) in [6.07, 6.45) is 9.22. The van der Waals surface area contributed by atoms with Crippen LogP contribution >= 0.6 is 0 Å². The highest BCUT2D eigenvalue weighted by atomic mass is 16.5. The number of methoxy groups -OCH3 is 1. The molecule has 4 fully saturated rings. The summed E-state index contributed by atoms with van der Waals surface area (Å²) in [5, 5.41) is 4.47. The van der Waals surface area contributed by atoms with Crippen LogP contribution in [0.4, 0.5) is 5.82 Å². The normalized spacial score (nSPS) is 38.1. The number of aromatic nitrogens is 2. The number of esters is 1. The average molecular weight is 275 g/mol. The summed E-state index contributed by atoms with van der Waals surface area (Å²) in [5.74, 6) is 2.57. The van der Waals surface area contributed by atoms with Gasteiger partial charge in [-0.25, -0.2) is 9.48 Å². The number of nitrogens with zero attached hydrogens (tertiary/aromatic N) is 2. The Morgan fingerprint density at radius 3 is 2.35 bits per heavy atom. The van der Waals surface area contributed by atoms with E-state index in [1.54, 1.807) is 6.20 Å². The third-order valence-corrected chi connectivity index (χ3v) is 5.67. The minimum atomic E-state index is -0.390. The molecule has 5 nitrogen and oxygen atoms in total. The SMILES string of the molecule is COC(=O)c1cnn(C23CC4CC(CC(C4)C2)C3)c1N. The number of rotatable bonds is 2. The molecule has 20 heavy (non-hydrogen) atoms. The van der Waals surface area contributed by atoms with Crippen molar-refractivity contribution in [2.75, 3.05) is 12.8 Å². The smallest absolute Gasteiger partial charge is 0.343 e. The fourth-order valence-electron chi connectivity index (χ4n) is 5.33. The summed E-state index contributed by atoms with van der Waals surface area (Å²) in [7, 11) is 1.38. The number of carbonyl (C=O) groups is 1. The Balaban J connectivity index is 1.74. The maximum Gasteiger partial charge on any atom is 0.343 e. The molecule has 1 aromatic heterocycles. The van der Waals surface area contributed by atoms with E-state index >= 15 is 0 Å². The Morgan fingerprint density at radius 2 is 1.85 bits per heavy atom. The van der Waals surface area contributed by atoms with E-state index in [2.05, 4.69) is 5.10 Å². The number of hydrogen-bond acceptors (Lipinski definition) is 4. The maximum absolute atomic E-state index is 11.7. The molecule has 1 heterocycles. The van der Waals surface area contributed by atoms with Gasteiger partial charge in [0.1, 0.15) is 11.4 Å². The van der Waals surface area contributed by atoms with Crippen LogP contribution in [0, 0.1) is 17.8 Å². The minimum Gasteiger partial charge on any atom is -0.465 e. The minimum absolute atomic E-state index is 0.0606. The monoisotopic (exact) mass is 275 g/mol. The number of anilines is 1. The van der Waals surface area contributed by atoms with Crippen molar-refractivity contribution in [2.45, 2.75) is 44.1 Å². The van der Waals surface area contributed by atoms with Crippen LogP contribution < -0.4 is 5.73 Å². The zero-order valence-electron chi connectivity index (χ0n) is 11.8. The molecule has 0 radical (unpaired) electrons. The first-order chi connectivity index (χ1) is 9.61. The van der Waals surface area contributed by atoms with Gasteiger partial charge in [0.15, 0.2) is 0 Å². The summed E-state index contributed by atoms with van der Waals surface area (Å²) in [4.78, 5) is 11.7. The fraction of sp³-hybridized carbons (Fsp3) is 0.733. The quantitative estimate of drug-likeness (QED) is 0.840. The summed E-state index contributed by atoms with van der Waals surface area (Å²) in [6, 6.07) is 0. The molecular weight excluding hydrogens is 254 g/mol. The molecule has 5 heteroatoms. The van der Waals surface area contributed by atoms with Gasteiger partial charge in [0.2, 0.25) is 0 Å². The van der Waals surface area contributed by atoms with Gasteiger partial charge in [0.25, 0.3) is 0 Å². The molecular formula is C15H21N3O2. The van der Waals surface area contributed by atoms with Gasteiger partial charge in [-0.2, -0.15) is 5.10 Å². The van der Waals surface area contributed by atoms with Crippen molar-refractivity contribution in [3.05, 3.63) is 11.8 Å². The van der Waals surface area contributed by atoms with Crippen molar-refractivity contribution in [2.24, 2.45) is 17.8 Å². The second-order valence-corrected chi connectivity index (χ2v) is 6.99. The molecule has 108 valence electrons. The molecule has 4 aliphatic carbocycles. The summed E-state index contributed by atoms with van der Waals surface area (Å²) in [5.41, 5.74) is 6.67. The van der Waals surface area contributed by atoms with Gasteiger partial charge in [-0.05, 0) is 56.3 Å². The van der Waals surface area contributed by atoms with Crippen molar-refractivity contribution in [3.63, 3.8) is 0 Å². The van der Waals surface area contributed by atoms with Gasteiger partial charge >= 0.3 is 5.97 Å². The fourth-order valence-corrected chi connectivity index (χ4v) is 5.33. The van der Waals surface area contributed by atoms with Gasteiger partial charge < -0.3 is 10.5 Å². The van der Waals surface area contributed by atoms with Crippen LogP contribution in [-0.2, 0) is 10.3 Å². The van der Waals surface area contributed by atoms with Gasteiger partial charge in [0.05, 0.1) is 18.8 Å². The molecule has 0 atom stereocenters. The van der Waals surface area contributed by atoms with Crippen LogP contribution in [0.3, 0.4) is 0 Å². The molecule has 5 rings (SSSR count). The number of nitrogens with two attached hydrogens (primary N) is 1. The van der Waals surface area contributed by atoms with Crippen LogP contribution in [0.1, 0.15) is 48.9 Å². The van der Waals surface area contributed by atoms with E-state index in [-0.39, 0.29) is 5.54 Å². The largest absolute Gasteiger partial charge is 0.465 e. The van der Waals surface area contributed by atoms with Crippen LogP contribution in [-0.4, -0.2) is 22.9 Å². The summed E-state index contributed by atoms with van der Waals surface area (Å²) >= 11 is 0. The lowest BCUT2D eigenvalue weighted by molar-refractivity contribution is -0.0481. The topological polar surface area (TPSA) is 70.1 Å². The lowest BCUT2D eigenvalue weighted by Gasteiger charge is -2.56. The Morgan fingerprint density at radius 1 is 1.30 bits per heavy atom. The second-order valence-electron chi connectivity index (χ2n) is 6.99.